The van der Waals surface area contributed by atoms with Crippen LogP contribution in [-0.2, 0) is 11.3 Å². The number of nitrogens with zero attached hydrogens (tertiary/aromatic N) is 2. The van der Waals surface area contributed by atoms with Gasteiger partial charge in [-0.25, -0.2) is 0 Å². The molecular formula is C23H19N3O. The van der Waals surface area contributed by atoms with Gasteiger partial charge in [0.2, 0.25) is 5.91 Å². The van der Waals surface area contributed by atoms with Crippen LogP contribution in [0.3, 0.4) is 0 Å². The molecule has 0 saturated heterocycles. The molecule has 132 valence electrons. The second kappa shape index (κ2) is 6.40. The SMILES string of the molecule is O=C1C[C@H](c2cccnc2)c2cn(Cc3ccccc3)c3cccc(c23)N1. The molecule has 27 heavy (non-hydrogen) atoms. The smallest absolute Gasteiger partial charge is 0.225 e. The first-order chi connectivity index (χ1) is 13.3. The van der Waals surface area contributed by atoms with Gasteiger partial charge in [-0.05, 0) is 34.9 Å². The highest BCUT2D eigenvalue weighted by molar-refractivity contribution is 6.06. The average Bonchev–Trinajstić information content (AvgIpc) is 2.99. The molecule has 0 spiro atoms. The molecule has 4 heteroatoms. The Morgan fingerprint density at radius 1 is 1.04 bits per heavy atom. The molecule has 1 amide bonds. The van der Waals surface area contributed by atoms with E-state index in [-0.39, 0.29) is 11.8 Å². The number of nitrogens with one attached hydrogen (secondary N) is 1. The molecule has 0 radical (unpaired) electrons. The van der Waals surface area contributed by atoms with Crippen LogP contribution in [0.15, 0.2) is 79.3 Å². The number of hydrogen-bond acceptors (Lipinski definition) is 2. The van der Waals surface area contributed by atoms with Crippen molar-refractivity contribution in [2.75, 3.05) is 5.32 Å². The molecule has 1 N–H and O–H groups in total. The van der Waals surface area contributed by atoms with Gasteiger partial charge in [-0.2, -0.15) is 0 Å². The fourth-order valence-corrected chi connectivity index (χ4v) is 4.04. The van der Waals surface area contributed by atoms with Crippen molar-refractivity contribution in [3.63, 3.8) is 0 Å². The molecule has 0 aliphatic carbocycles. The van der Waals surface area contributed by atoms with Crippen LogP contribution in [0.5, 0.6) is 0 Å². The highest BCUT2D eigenvalue weighted by Crippen LogP contribution is 2.40. The lowest BCUT2D eigenvalue weighted by Crippen LogP contribution is -2.14. The Kier molecular flexibility index (Phi) is 3.75. The predicted molar refractivity (Wildman–Crippen MR) is 107 cm³/mol. The fraction of sp³-hybridized carbons (Fsp3) is 0.130. The summed E-state index contributed by atoms with van der Waals surface area (Å²) < 4.78 is 2.28. The Morgan fingerprint density at radius 3 is 2.74 bits per heavy atom. The van der Waals surface area contributed by atoms with E-state index in [2.05, 4.69) is 57.5 Å². The Labute approximate surface area is 157 Å². The van der Waals surface area contributed by atoms with Crippen molar-refractivity contribution in [1.82, 2.24) is 9.55 Å². The molecule has 2 aromatic heterocycles. The highest BCUT2D eigenvalue weighted by atomic mass is 16.1. The van der Waals surface area contributed by atoms with Crippen LogP contribution in [0.25, 0.3) is 10.9 Å². The lowest BCUT2D eigenvalue weighted by Gasteiger charge is -2.13. The zero-order valence-corrected chi connectivity index (χ0v) is 14.8. The second-order valence-electron chi connectivity index (χ2n) is 6.99. The summed E-state index contributed by atoms with van der Waals surface area (Å²) in [6, 6.07) is 20.6. The maximum Gasteiger partial charge on any atom is 0.225 e. The van der Waals surface area contributed by atoms with Gasteiger partial charge in [0, 0.05) is 42.9 Å². The third kappa shape index (κ3) is 2.79. The molecule has 2 aromatic carbocycles. The van der Waals surface area contributed by atoms with Gasteiger partial charge in [-0.15, -0.1) is 0 Å². The monoisotopic (exact) mass is 353 g/mol. The lowest BCUT2D eigenvalue weighted by molar-refractivity contribution is -0.116. The van der Waals surface area contributed by atoms with Crippen molar-refractivity contribution >= 4 is 22.5 Å². The van der Waals surface area contributed by atoms with Crippen molar-refractivity contribution in [3.05, 3.63) is 95.9 Å². The van der Waals surface area contributed by atoms with Crippen molar-refractivity contribution in [1.29, 1.82) is 0 Å². The summed E-state index contributed by atoms with van der Waals surface area (Å²) >= 11 is 0. The van der Waals surface area contributed by atoms with Gasteiger partial charge in [0.1, 0.15) is 0 Å². The van der Waals surface area contributed by atoms with Crippen LogP contribution in [-0.4, -0.2) is 15.5 Å². The molecule has 0 unspecified atom stereocenters. The molecule has 0 fully saturated rings. The minimum atomic E-state index is 0.00173. The number of hydrogen-bond donors (Lipinski definition) is 1. The number of benzene rings is 2. The van der Waals surface area contributed by atoms with Crippen LogP contribution in [0.1, 0.15) is 29.0 Å². The summed E-state index contributed by atoms with van der Waals surface area (Å²) in [5, 5.41) is 4.22. The number of rotatable bonds is 3. The van der Waals surface area contributed by atoms with Crippen LogP contribution >= 0.6 is 0 Å². The van der Waals surface area contributed by atoms with E-state index < -0.39 is 0 Å². The van der Waals surface area contributed by atoms with Crippen LogP contribution in [0.2, 0.25) is 0 Å². The van der Waals surface area contributed by atoms with Crippen molar-refractivity contribution in [2.24, 2.45) is 0 Å². The second-order valence-corrected chi connectivity index (χ2v) is 6.99. The molecule has 1 aliphatic heterocycles. The standard InChI is InChI=1S/C23H19N3O/c27-22-12-18(17-8-5-11-24-13-17)19-15-26(14-16-6-2-1-3-7-16)21-10-4-9-20(25-22)23(19)21/h1-11,13,15,18H,12,14H2,(H,25,27)/t18-/m1/s1. The van der Waals surface area contributed by atoms with E-state index in [1.165, 1.54) is 11.1 Å². The zero-order valence-electron chi connectivity index (χ0n) is 14.8. The molecule has 1 aliphatic rings. The Balaban J connectivity index is 1.71. The molecule has 4 nitrogen and oxygen atoms in total. The van der Waals surface area contributed by atoms with Crippen LogP contribution in [0, 0.1) is 0 Å². The Bertz CT molecular complexity index is 1120. The summed E-state index contributed by atoms with van der Waals surface area (Å²) in [7, 11) is 0. The number of anilines is 1. The average molecular weight is 353 g/mol. The maximum absolute atomic E-state index is 12.5. The van der Waals surface area contributed by atoms with Gasteiger partial charge in [-0.3, -0.25) is 9.78 Å². The van der Waals surface area contributed by atoms with E-state index >= 15 is 0 Å². The fourth-order valence-electron chi connectivity index (χ4n) is 4.04. The first-order valence-corrected chi connectivity index (χ1v) is 9.15. The van der Waals surface area contributed by atoms with E-state index in [9.17, 15) is 4.79 Å². The van der Waals surface area contributed by atoms with Gasteiger partial charge in [0.25, 0.3) is 0 Å². The largest absolute Gasteiger partial charge is 0.343 e. The molecule has 0 bridgehead atoms. The Morgan fingerprint density at radius 2 is 1.93 bits per heavy atom. The number of amides is 1. The van der Waals surface area contributed by atoms with Crippen LogP contribution in [0.4, 0.5) is 5.69 Å². The van der Waals surface area contributed by atoms with E-state index in [1.54, 1.807) is 6.20 Å². The first-order valence-electron chi connectivity index (χ1n) is 9.15. The van der Waals surface area contributed by atoms with Gasteiger partial charge < -0.3 is 9.88 Å². The first kappa shape index (κ1) is 15.8. The third-order valence-electron chi connectivity index (χ3n) is 5.26. The normalized spacial score (nSPS) is 16.1. The summed E-state index contributed by atoms with van der Waals surface area (Å²) in [5.41, 5.74) is 5.55. The third-order valence-corrected chi connectivity index (χ3v) is 5.26. The molecule has 0 saturated carbocycles. The number of carbonyl (C=O) groups excluding carboxylic acids is 1. The van der Waals surface area contributed by atoms with E-state index in [0.29, 0.717) is 6.42 Å². The van der Waals surface area contributed by atoms with E-state index in [1.807, 2.05) is 30.5 Å². The zero-order chi connectivity index (χ0) is 18.2. The summed E-state index contributed by atoms with van der Waals surface area (Å²) in [4.78, 5) is 16.8. The molecular weight excluding hydrogens is 334 g/mol. The van der Waals surface area contributed by atoms with Gasteiger partial charge >= 0.3 is 0 Å². The van der Waals surface area contributed by atoms with Crippen LogP contribution < -0.4 is 5.32 Å². The number of aromatic nitrogens is 2. The number of carbonyl (C=O) groups is 1. The molecule has 3 heterocycles. The molecule has 1 atom stereocenters. The van der Waals surface area contributed by atoms with E-state index in [0.717, 1.165) is 28.7 Å². The maximum atomic E-state index is 12.5. The quantitative estimate of drug-likeness (QED) is 0.587. The lowest BCUT2D eigenvalue weighted by atomic mass is 9.90. The van der Waals surface area contributed by atoms with Gasteiger partial charge in [0.05, 0.1) is 11.2 Å². The molecule has 4 aromatic rings. The van der Waals surface area contributed by atoms with Gasteiger partial charge in [0.15, 0.2) is 0 Å². The summed E-state index contributed by atoms with van der Waals surface area (Å²) in [5.74, 6) is 0.0454. The summed E-state index contributed by atoms with van der Waals surface area (Å²) in [6.45, 7) is 0.800. The minimum absolute atomic E-state index is 0.00173. The predicted octanol–water partition coefficient (Wildman–Crippen LogP) is 4.56. The Hall–Kier alpha value is -3.40. The summed E-state index contributed by atoms with van der Waals surface area (Å²) in [6.07, 6.45) is 6.26. The topological polar surface area (TPSA) is 46.9 Å². The van der Waals surface area contributed by atoms with Crippen molar-refractivity contribution in [2.45, 2.75) is 18.9 Å². The van der Waals surface area contributed by atoms with Crippen molar-refractivity contribution < 1.29 is 4.79 Å². The molecule has 5 rings (SSSR count). The minimum Gasteiger partial charge on any atom is -0.343 e. The highest BCUT2D eigenvalue weighted by Gasteiger charge is 2.27. The number of pyridine rings is 1. The van der Waals surface area contributed by atoms with Gasteiger partial charge in [-0.1, -0.05) is 42.5 Å². The van der Waals surface area contributed by atoms with Crippen molar-refractivity contribution in [3.8, 4) is 0 Å². The van der Waals surface area contributed by atoms with E-state index in [4.69, 9.17) is 0 Å².